The Morgan fingerprint density at radius 3 is 2.38 bits per heavy atom. The van der Waals surface area contributed by atoms with Gasteiger partial charge >= 0.3 is 0 Å². The minimum atomic E-state index is 0.308. The summed E-state index contributed by atoms with van der Waals surface area (Å²) in [6, 6.07) is 10.4. The molecule has 138 valence electrons. The van der Waals surface area contributed by atoms with Gasteiger partial charge in [-0.15, -0.1) is 11.3 Å². The van der Waals surface area contributed by atoms with E-state index in [-0.39, 0.29) is 0 Å². The van der Waals surface area contributed by atoms with Gasteiger partial charge in [0, 0.05) is 56.8 Å². The van der Waals surface area contributed by atoms with Crippen molar-refractivity contribution in [3.63, 3.8) is 0 Å². The van der Waals surface area contributed by atoms with Gasteiger partial charge in [0.2, 0.25) is 5.91 Å². The predicted octanol–water partition coefficient (Wildman–Crippen LogP) is 2.55. The van der Waals surface area contributed by atoms with Crippen LogP contribution in [0.15, 0.2) is 35.7 Å². The van der Waals surface area contributed by atoms with E-state index in [9.17, 15) is 4.79 Å². The molecule has 0 aliphatic carbocycles. The Bertz CT molecular complexity index is 718. The lowest BCUT2D eigenvalue weighted by Gasteiger charge is -2.34. The first-order valence-electron chi connectivity index (χ1n) is 9.50. The van der Waals surface area contributed by atoms with Crippen LogP contribution >= 0.6 is 11.3 Å². The average molecular weight is 371 g/mol. The number of likely N-dealkylation sites (tertiary alicyclic amines) is 1. The lowest BCUT2D eigenvalue weighted by Crippen LogP contribution is -2.49. The predicted molar refractivity (Wildman–Crippen MR) is 105 cm³/mol. The third-order valence-electron chi connectivity index (χ3n) is 5.24. The van der Waals surface area contributed by atoms with Crippen LogP contribution in [0.5, 0.6) is 0 Å². The minimum Gasteiger partial charge on any atom is -0.342 e. The Morgan fingerprint density at radius 2 is 1.65 bits per heavy atom. The summed E-state index contributed by atoms with van der Waals surface area (Å²) in [5.74, 6) is 0.308. The lowest BCUT2D eigenvalue weighted by molar-refractivity contribution is -0.131. The Morgan fingerprint density at radius 1 is 0.962 bits per heavy atom. The summed E-state index contributed by atoms with van der Waals surface area (Å²) in [6.45, 7) is 7.33. The van der Waals surface area contributed by atoms with Crippen LogP contribution in [0.1, 0.15) is 18.5 Å². The Balaban J connectivity index is 1.25. The second kappa shape index (κ2) is 8.29. The van der Waals surface area contributed by atoms with Crippen molar-refractivity contribution < 1.29 is 4.79 Å². The Kier molecular flexibility index (Phi) is 5.62. The molecule has 4 rings (SSSR count). The van der Waals surface area contributed by atoms with Gasteiger partial charge in [0.15, 0.2) is 0 Å². The molecule has 1 aromatic carbocycles. The molecule has 2 aliphatic heterocycles. The van der Waals surface area contributed by atoms with Gasteiger partial charge in [-0.2, -0.15) is 0 Å². The maximum atomic E-state index is 12.3. The maximum absolute atomic E-state index is 12.3. The number of aromatic nitrogens is 1. The molecule has 0 spiro atoms. The summed E-state index contributed by atoms with van der Waals surface area (Å²) in [6.07, 6.45) is 2.33. The zero-order valence-corrected chi connectivity index (χ0v) is 16.0. The number of hydrogen-bond donors (Lipinski definition) is 0. The van der Waals surface area contributed by atoms with E-state index in [0.29, 0.717) is 12.5 Å². The van der Waals surface area contributed by atoms with Gasteiger partial charge in [-0.25, -0.2) is 4.98 Å². The molecule has 2 aromatic rings. The van der Waals surface area contributed by atoms with Crippen molar-refractivity contribution in [3.8, 4) is 10.6 Å². The number of thiazole rings is 1. The van der Waals surface area contributed by atoms with E-state index in [1.54, 1.807) is 11.3 Å². The van der Waals surface area contributed by atoms with Gasteiger partial charge in [-0.1, -0.05) is 30.3 Å². The van der Waals surface area contributed by atoms with Crippen molar-refractivity contribution >= 4 is 17.2 Å². The molecule has 0 saturated carbocycles. The lowest BCUT2D eigenvalue weighted by atomic mass is 10.2. The molecule has 0 bridgehead atoms. The highest BCUT2D eigenvalue weighted by atomic mass is 32.1. The van der Waals surface area contributed by atoms with Crippen molar-refractivity contribution in [2.75, 3.05) is 45.8 Å². The second-order valence-corrected chi connectivity index (χ2v) is 8.01. The standard InChI is InChI=1S/C20H26N4OS/c25-19(24-8-4-5-9-24)15-23-12-10-22(11-13-23)14-18-16-26-20(21-18)17-6-2-1-3-7-17/h1-3,6-7,16H,4-5,8-15H2. The molecule has 5 nitrogen and oxygen atoms in total. The molecule has 6 heteroatoms. The molecule has 0 N–H and O–H groups in total. The zero-order valence-electron chi connectivity index (χ0n) is 15.1. The van der Waals surface area contributed by atoms with Gasteiger partial charge in [0.05, 0.1) is 12.2 Å². The van der Waals surface area contributed by atoms with Crippen LogP contribution in [0.2, 0.25) is 0 Å². The third kappa shape index (κ3) is 4.31. The van der Waals surface area contributed by atoms with Gasteiger partial charge in [0.1, 0.15) is 5.01 Å². The fourth-order valence-electron chi connectivity index (χ4n) is 3.69. The number of hydrogen-bond acceptors (Lipinski definition) is 5. The van der Waals surface area contributed by atoms with Crippen molar-refractivity contribution in [2.24, 2.45) is 0 Å². The number of amides is 1. The first kappa shape index (κ1) is 17.6. The van der Waals surface area contributed by atoms with Crippen LogP contribution in [0.25, 0.3) is 10.6 Å². The topological polar surface area (TPSA) is 39.7 Å². The molecular weight excluding hydrogens is 344 g/mol. The number of piperazine rings is 1. The molecule has 0 radical (unpaired) electrons. The fourth-order valence-corrected chi connectivity index (χ4v) is 4.50. The molecule has 2 aliphatic rings. The summed E-state index contributed by atoms with van der Waals surface area (Å²) >= 11 is 1.72. The third-order valence-corrected chi connectivity index (χ3v) is 6.18. The SMILES string of the molecule is O=C(CN1CCN(Cc2csc(-c3ccccc3)n2)CC1)N1CCCC1. The van der Waals surface area contributed by atoms with E-state index in [4.69, 9.17) is 4.98 Å². The van der Waals surface area contributed by atoms with E-state index < -0.39 is 0 Å². The molecule has 26 heavy (non-hydrogen) atoms. The van der Waals surface area contributed by atoms with Gasteiger partial charge in [0.25, 0.3) is 0 Å². The van der Waals surface area contributed by atoms with Crippen molar-refractivity contribution in [1.29, 1.82) is 0 Å². The van der Waals surface area contributed by atoms with Crippen LogP contribution in [-0.4, -0.2) is 71.4 Å². The van der Waals surface area contributed by atoms with Crippen LogP contribution in [0, 0.1) is 0 Å². The largest absolute Gasteiger partial charge is 0.342 e. The molecule has 1 amide bonds. The quantitative estimate of drug-likeness (QED) is 0.811. The van der Waals surface area contributed by atoms with Crippen LogP contribution in [0.3, 0.4) is 0 Å². The highest BCUT2D eigenvalue weighted by Crippen LogP contribution is 2.24. The average Bonchev–Trinajstić information content (AvgIpc) is 3.36. The van der Waals surface area contributed by atoms with Crippen molar-refractivity contribution in [1.82, 2.24) is 19.7 Å². The Hall–Kier alpha value is -1.76. The van der Waals surface area contributed by atoms with Gasteiger partial charge in [-0.05, 0) is 12.8 Å². The normalized spacial score (nSPS) is 19.2. The zero-order chi connectivity index (χ0) is 17.8. The van der Waals surface area contributed by atoms with E-state index in [1.165, 1.54) is 5.56 Å². The van der Waals surface area contributed by atoms with Crippen molar-refractivity contribution in [3.05, 3.63) is 41.4 Å². The molecular formula is C20H26N4OS. The van der Waals surface area contributed by atoms with E-state index in [0.717, 1.165) is 69.4 Å². The highest BCUT2D eigenvalue weighted by Gasteiger charge is 2.23. The summed E-state index contributed by atoms with van der Waals surface area (Å²) in [5.41, 5.74) is 2.34. The number of nitrogens with zero attached hydrogens (tertiary/aromatic N) is 4. The van der Waals surface area contributed by atoms with Crippen LogP contribution in [0.4, 0.5) is 0 Å². The van der Waals surface area contributed by atoms with E-state index in [1.807, 2.05) is 11.0 Å². The highest BCUT2D eigenvalue weighted by molar-refractivity contribution is 7.13. The first-order valence-corrected chi connectivity index (χ1v) is 10.4. The van der Waals surface area contributed by atoms with Crippen LogP contribution < -0.4 is 0 Å². The smallest absolute Gasteiger partial charge is 0.236 e. The number of benzene rings is 1. The molecule has 2 fully saturated rings. The number of carbonyl (C=O) groups excluding carboxylic acids is 1. The van der Waals surface area contributed by atoms with Gasteiger partial charge in [-0.3, -0.25) is 14.6 Å². The fraction of sp³-hybridized carbons (Fsp3) is 0.500. The summed E-state index contributed by atoms with van der Waals surface area (Å²) in [5, 5.41) is 3.27. The molecule has 3 heterocycles. The van der Waals surface area contributed by atoms with Crippen LogP contribution in [-0.2, 0) is 11.3 Å². The summed E-state index contributed by atoms with van der Waals surface area (Å²) in [4.78, 5) is 23.8. The van der Waals surface area contributed by atoms with E-state index in [2.05, 4.69) is 39.4 Å². The summed E-state index contributed by atoms with van der Waals surface area (Å²) in [7, 11) is 0. The Labute approximate surface area is 159 Å². The maximum Gasteiger partial charge on any atom is 0.236 e. The number of rotatable bonds is 5. The first-order chi connectivity index (χ1) is 12.8. The van der Waals surface area contributed by atoms with Gasteiger partial charge < -0.3 is 4.90 Å². The second-order valence-electron chi connectivity index (χ2n) is 7.15. The summed E-state index contributed by atoms with van der Waals surface area (Å²) < 4.78 is 0. The molecule has 0 atom stereocenters. The van der Waals surface area contributed by atoms with E-state index >= 15 is 0 Å². The van der Waals surface area contributed by atoms with Crippen molar-refractivity contribution in [2.45, 2.75) is 19.4 Å². The molecule has 2 saturated heterocycles. The minimum absolute atomic E-state index is 0.308. The molecule has 1 aromatic heterocycles. The molecule has 0 unspecified atom stereocenters. The number of carbonyl (C=O) groups is 1. The monoisotopic (exact) mass is 370 g/mol.